The van der Waals surface area contributed by atoms with Gasteiger partial charge in [-0.05, 0) is 38.4 Å². The zero-order chi connectivity index (χ0) is 16.5. The molecule has 1 fully saturated rings. The zero-order valence-electron chi connectivity index (χ0n) is 14.1. The quantitative estimate of drug-likeness (QED) is 0.850. The molecule has 0 bridgehead atoms. The van der Waals surface area contributed by atoms with Gasteiger partial charge in [-0.25, -0.2) is 0 Å². The number of carbonyl (C=O) groups excluding carboxylic acids is 1. The van der Waals surface area contributed by atoms with Crippen LogP contribution in [0.15, 0.2) is 24.5 Å². The van der Waals surface area contributed by atoms with Gasteiger partial charge in [0, 0.05) is 38.6 Å². The van der Waals surface area contributed by atoms with Gasteiger partial charge in [-0.1, -0.05) is 0 Å². The van der Waals surface area contributed by atoms with Crippen molar-refractivity contribution in [2.45, 2.75) is 44.9 Å². The van der Waals surface area contributed by atoms with Crippen molar-refractivity contribution in [1.82, 2.24) is 29.4 Å². The number of amides is 1. The molecule has 0 saturated carbocycles. The van der Waals surface area contributed by atoms with Crippen molar-refractivity contribution < 1.29 is 4.79 Å². The minimum Gasteiger partial charge on any atom is -0.332 e. The lowest BCUT2D eigenvalue weighted by Gasteiger charge is -2.23. The molecule has 1 amide bonds. The smallest absolute Gasteiger partial charge is 0.274 e. The fourth-order valence-electron chi connectivity index (χ4n) is 3.79. The van der Waals surface area contributed by atoms with Gasteiger partial charge in [0.15, 0.2) is 5.69 Å². The number of likely N-dealkylation sites (tertiary alicyclic amines) is 1. The minimum absolute atomic E-state index is 0.0629. The second-order valence-electron chi connectivity index (χ2n) is 6.86. The Kier molecular flexibility index (Phi) is 4.10. The molecule has 4 rings (SSSR count). The molecule has 0 N–H and O–H groups in total. The van der Waals surface area contributed by atoms with E-state index in [1.54, 1.807) is 6.20 Å². The average Bonchev–Trinajstić information content (AvgIpc) is 3.28. The van der Waals surface area contributed by atoms with Gasteiger partial charge in [0.05, 0.1) is 18.3 Å². The first-order valence-corrected chi connectivity index (χ1v) is 8.74. The van der Waals surface area contributed by atoms with Gasteiger partial charge < -0.3 is 9.80 Å². The lowest BCUT2D eigenvalue weighted by Crippen LogP contribution is -2.38. The molecule has 4 heterocycles. The summed E-state index contributed by atoms with van der Waals surface area (Å²) in [6, 6.07) is 4.11. The van der Waals surface area contributed by atoms with Crippen LogP contribution in [0.3, 0.4) is 0 Å². The number of rotatable bonds is 3. The van der Waals surface area contributed by atoms with E-state index in [-0.39, 0.29) is 11.9 Å². The molecule has 0 aliphatic carbocycles. The highest BCUT2D eigenvalue weighted by Gasteiger charge is 2.31. The minimum atomic E-state index is 0.0629. The van der Waals surface area contributed by atoms with Crippen molar-refractivity contribution in [3.8, 4) is 0 Å². The van der Waals surface area contributed by atoms with Crippen LogP contribution in [0.2, 0.25) is 0 Å². The highest BCUT2D eigenvalue weighted by molar-refractivity contribution is 5.92. The second kappa shape index (κ2) is 6.39. The monoisotopic (exact) mass is 328 g/mol. The number of nitrogens with zero attached hydrogens (tertiary/aromatic N) is 6. The highest BCUT2D eigenvalue weighted by Crippen LogP contribution is 2.22. The van der Waals surface area contributed by atoms with Crippen LogP contribution in [0.25, 0.3) is 0 Å². The molecule has 2 aliphatic heterocycles. The van der Waals surface area contributed by atoms with Crippen molar-refractivity contribution >= 4 is 5.91 Å². The van der Waals surface area contributed by atoms with Gasteiger partial charge in [-0.2, -0.15) is 10.2 Å². The predicted molar refractivity (Wildman–Crippen MR) is 89.5 cm³/mol. The summed E-state index contributed by atoms with van der Waals surface area (Å²) in [6.07, 6.45) is 6.89. The van der Waals surface area contributed by atoms with Gasteiger partial charge in [0.2, 0.25) is 0 Å². The van der Waals surface area contributed by atoms with E-state index in [1.165, 1.54) is 0 Å². The van der Waals surface area contributed by atoms with E-state index in [0.717, 1.165) is 57.7 Å². The predicted octanol–water partition coefficient (Wildman–Crippen LogP) is 1.22. The van der Waals surface area contributed by atoms with E-state index < -0.39 is 0 Å². The van der Waals surface area contributed by atoms with Gasteiger partial charge in [-0.15, -0.1) is 0 Å². The maximum Gasteiger partial charge on any atom is 0.274 e. The summed E-state index contributed by atoms with van der Waals surface area (Å²) in [5.41, 5.74) is 1.73. The molecule has 0 radical (unpaired) electrons. The van der Waals surface area contributed by atoms with E-state index >= 15 is 0 Å². The average molecular weight is 328 g/mol. The number of fused-ring (bicyclic) bond motifs is 1. The molecular weight excluding hydrogens is 304 g/mol. The summed E-state index contributed by atoms with van der Waals surface area (Å²) >= 11 is 0. The number of aryl methyl sites for hydroxylation is 1. The lowest BCUT2D eigenvalue weighted by molar-refractivity contribution is 0.0714. The van der Waals surface area contributed by atoms with Crippen LogP contribution in [0.4, 0.5) is 0 Å². The van der Waals surface area contributed by atoms with Gasteiger partial charge in [-0.3, -0.25) is 14.2 Å². The zero-order valence-corrected chi connectivity index (χ0v) is 14.1. The normalized spacial score (nSPS) is 21.7. The first kappa shape index (κ1) is 15.4. The molecule has 2 aromatic heterocycles. The fraction of sp³-hybridized carbons (Fsp3) is 0.588. The maximum absolute atomic E-state index is 13.0. The largest absolute Gasteiger partial charge is 0.332 e. The van der Waals surface area contributed by atoms with Gasteiger partial charge in [0.1, 0.15) is 0 Å². The number of hydrogen-bond acceptors (Lipinski definition) is 4. The Balaban J connectivity index is 1.51. The van der Waals surface area contributed by atoms with Crippen molar-refractivity contribution in [2.24, 2.45) is 0 Å². The summed E-state index contributed by atoms with van der Waals surface area (Å²) in [5.74, 6) is 0.0629. The van der Waals surface area contributed by atoms with E-state index in [2.05, 4.69) is 22.1 Å². The number of carbonyl (C=O) groups is 1. The van der Waals surface area contributed by atoms with Gasteiger partial charge in [0.25, 0.3) is 5.91 Å². The maximum atomic E-state index is 13.0. The van der Waals surface area contributed by atoms with Crippen molar-refractivity contribution in [1.29, 1.82) is 0 Å². The second-order valence-corrected chi connectivity index (χ2v) is 6.86. The molecule has 0 unspecified atom stereocenters. The highest BCUT2D eigenvalue weighted by atomic mass is 16.2. The third-order valence-electron chi connectivity index (χ3n) is 5.02. The van der Waals surface area contributed by atoms with E-state index in [4.69, 9.17) is 0 Å². The first-order chi connectivity index (χ1) is 11.7. The summed E-state index contributed by atoms with van der Waals surface area (Å²) in [7, 11) is 2.12. The number of hydrogen-bond donors (Lipinski definition) is 0. The third-order valence-corrected chi connectivity index (χ3v) is 5.02. The van der Waals surface area contributed by atoms with E-state index in [1.807, 2.05) is 32.6 Å². The molecule has 1 atom stereocenters. The van der Waals surface area contributed by atoms with Crippen LogP contribution in [0, 0.1) is 0 Å². The Bertz CT molecular complexity index is 707. The molecule has 7 heteroatoms. The van der Waals surface area contributed by atoms with Crippen molar-refractivity contribution in [3.05, 3.63) is 35.9 Å². The molecule has 7 nitrogen and oxygen atoms in total. The van der Waals surface area contributed by atoms with E-state index in [0.29, 0.717) is 5.69 Å². The van der Waals surface area contributed by atoms with Crippen LogP contribution in [-0.2, 0) is 19.6 Å². The summed E-state index contributed by atoms with van der Waals surface area (Å²) in [6.45, 7) is 4.40. The van der Waals surface area contributed by atoms with Crippen LogP contribution in [0.5, 0.6) is 0 Å². The Labute approximate surface area is 141 Å². The SMILES string of the molecule is CN1CCCn2nc(C(=O)N3CCC[C@@H]3Cn3cccn3)cc2C1. The topological polar surface area (TPSA) is 59.2 Å². The number of aromatic nitrogens is 4. The van der Waals surface area contributed by atoms with E-state index in [9.17, 15) is 4.79 Å². The molecule has 2 aromatic rings. The van der Waals surface area contributed by atoms with Crippen LogP contribution >= 0.6 is 0 Å². The molecule has 0 aromatic carbocycles. The fourth-order valence-corrected chi connectivity index (χ4v) is 3.79. The first-order valence-electron chi connectivity index (χ1n) is 8.74. The van der Waals surface area contributed by atoms with Gasteiger partial charge >= 0.3 is 0 Å². The Morgan fingerprint density at radius 1 is 1.29 bits per heavy atom. The molecular formula is C17H24N6O. The standard InChI is InChI=1S/C17H24N6O/c1-20-7-4-10-23-15(12-20)11-16(19-23)17(24)22-9-2-5-14(22)13-21-8-3-6-18-21/h3,6,8,11,14H,2,4-5,7,9-10,12-13H2,1H3/t14-/m1/s1. The summed E-state index contributed by atoms with van der Waals surface area (Å²) < 4.78 is 3.92. The van der Waals surface area contributed by atoms with Crippen molar-refractivity contribution in [2.75, 3.05) is 20.1 Å². The molecule has 128 valence electrons. The summed E-state index contributed by atoms with van der Waals surface area (Å²) in [4.78, 5) is 17.2. The Hall–Kier alpha value is -2.15. The van der Waals surface area contributed by atoms with Crippen LogP contribution in [0.1, 0.15) is 35.4 Å². The van der Waals surface area contributed by atoms with Crippen molar-refractivity contribution in [3.63, 3.8) is 0 Å². The molecule has 1 saturated heterocycles. The molecule has 2 aliphatic rings. The Morgan fingerprint density at radius 3 is 3.04 bits per heavy atom. The molecule has 0 spiro atoms. The Morgan fingerprint density at radius 2 is 2.21 bits per heavy atom. The summed E-state index contributed by atoms with van der Waals surface area (Å²) in [5, 5.41) is 8.87. The molecule has 24 heavy (non-hydrogen) atoms. The van der Waals surface area contributed by atoms with Crippen LogP contribution < -0.4 is 0 Å². The lowest BCUT2D eigenvalue weighted by atomic mass is 10.2. The van der Waals surface area contributed by atoms with Crippen LogP contribution in [-0.4, -0.2) is 61.4 Å². The third kappa shape index (κ3) is 2.96.